The van der Waals surface area contributed by atoms with Gasteiger partial charge < -0.3 is 18.7 Å². The predicted molar refractivity (Wildman–Crippen MR) is 106 cm³/mol. The molecule has 42 heavy (non-hydrogen) atoms. The fraction of sp³-hybridized carbons (Fsp3) is 0.632. The first-order valence-electron chi connectivity index (χ1n) is 10.4. The van der Waals surface area contributed by atoms with Gasteiger partial charge in [0.25, 0.3) is 0 Å². The van der Waals surface area contributed by atoms with E-state index in [1.54, 1.807) is 0 Å². The van der Waals surface area contributed by atoms with Gasteiger partial charge in [-0.15, -0.1) is 0 Å². The highest BCUT2D eigenvalue weighted by atomic mass is 31.2. The van der Waals surface area contributed by atoms with Crippen molar-refractivity contribution in [2.24, 2.45) is 0 Å². The van der Waals surface area contributed by atoms with E-state index in [1.165, 1.54) is 0 Å². The summed E-state index contributed by atoms with van der Waals surface area (Å²) in [6, 6.07) is 0. The van der Waals surface area contributed by atoms with Crippen molar-refractivity contribution in [2.45, 2.75) is 54.0 Å². The van der Waals surface area contributed by atoms with E-state index in [-0.39, 0.29) is 0 Å². The number of ether oxygens (including phenoxy) is 1. The molecule has 0 bridgehead atoms. The van der Waals surface area contributed by atoms with Crippen LogP contribution < -0.4 is 0 Å². The molecule has 0 saturated heterocycles. The van der Waals surface area contributed by atoms with Crippen LogP contribution in [0.5, 0.6) is 0 Å². The van der Waals surface area contributed by atoms with Gasteiger partial charge in [-0.3, -0.25) is 4.57 Å². The monoisotopic (exact) mass is 673 g/mol. The Labute approximate surface area is 224 Å². The minimum Gasteiger partial charge on any atom is -0.466 e. The zero-order chi connectivity index (χ0) is 33.2. The Balaban J connectivity index is 3.42. The summed E-state index contributed by atoms with van der Waals surface area (Å²) in [6.07, 6.45) is -7.10. The van der Waals surface area contributed by atoms with Crippen LogP contribution in [0.3, 0.4) is 0 Å². The second-order valence-corrected chi connectivity index (χ2v) is 10.1. The summed E-state index contributed by atoms with van der Waals surface area (Å²) >= 11 is 0. The Kier molecular flexibility index (Phi) is 11.3. The van der Waals surface area contributed by atoms with Gasteiger partial charge in [0.1, 0.15) is 18.9 Å². The van der Waals surface area contributed by atoms with Crippen LogP contribution in [-0.2, 0) is 23.1 Å². The summed E-state index contributed by atoms with van der Waals surface area (Å²) in [4.78, 5) is 11.9. The molecule has 0 amide bonds. The van der Waals surface area contributed by atoms with Gasteiger partial charge in [-0.25, -0.2) is 22.4 Å². The van der Waals surface area contributed by atoms with Crippen LogP contribution in [0.15, 0.2) is 36.8 Å². The molecule has 23 heteroatoms. The standard InChI is InChI=1S/C19H16F16NO5P/c1-39-11(37)4-7-36-5-2-10(3-6-36)42(38,40-8-14(24,25)18(32,33)16(28,29)12(20)21)41-9-15(26,27)19(34,35)17(30,31)13(22)23/h2-7,10,12-13H,8-9H2,1H3/b7-4+. The van der Waals surface area contributed by atoms with Gasteiger partial charge >= 0.3 is 62.0 Å². The Morgan fingerprint density at radius 3 is 1.45 bits per heavy atom. The fourth-order valence-corrected chi connectivity index (χ4v) is 4.19. The highest BCUT2D eigenvalue weighted by Crippen LogP contribution is 2.59. The van der Waals surface area contributed by atoms with E-state index in [0.29, 0.717) is 30.6 Å². The molecule has 0 aromatic heterocycles. The van der Waals surface area contributed by atoms with E-state index in [2.05, 4.69) is 13.8 Å². The molecule has 0 aromatic rings. The van der Waals surface area contributed by atoms with Gasteiger partial charge in [0, 0.05) is 24.7 Å². The molecular weight excluding hydrogens is 657 g/mol. The van der Waals surface area contributed by atoms with E-state index in [0.717, 1.165) is 18.2 Å². The quantitative estimate of drug-likeness (QED) is 0.0812. The van der Waals surface area contributed by atoms with Crippen LogP contribution in [0.1, 0.15) is 0 Å². The van der Waals surface area contributed by atoms with E-state index >= 15 is 0 Å². The largest absolute Gasteiger partial charge is 0.466 e. The van der Waals surface area contributed by atoms with Crippen molar-refractivity contribution in [3.63, 3.8) is 0 Å². The maximum absolute atomic E-state index is 13.9. The molecule has 1 aliphatic heterocycles. The summed E-state index contributed by atoms with van der Waals surface area (Å²) in [6.45, 7) is -6.61. The van der Waals surface area contributed by atoms with Crippen LogP contribution in [0.2, 0.25) is 0 Å². The second-order valence-electron chi connectivity index (χ2n) is 7.95. The summed E-state index contributed by atoms with van der Waals surface area (Å²) in [5, 5.41) is 0. The van der Waals surface area contributed by atoms with E-state index in [1.807, 2.05) is 0 Å². The summed E-state index contributed by atoms with van der Waals surface area (Å²) in [7, 11) is -5.22. The Bertz CT molecular complexity index is 1030. The van der Waals surface area contributed by atoms with Crippen LogP contribution in [0.25, 0.3) is 0 Å². The molecule has 0 unspecified atom stereocenters. The third-order valence-electron chi connectivity index (χ3n) is 5.02. The fourth-order valence-electron chi connectivity index (χ4n) is 2.51. The average Bonchev–Trinajstić information content (AvgIpc) is 2.89. The van der Waals surface area contributed by atoms with Crippen molar-refractivity contribution >= 4 is 13.6 Å². The van der Waals surface area contributed by atoms with Crippen molar-refractivity contribution in [1.29, 1.82) is 0 Å². The third kappa shape index (κ3) is 7.35. The van der Waals surface area contributed by atoms with Crippen molar-refractivity contribution < 1.29 is 93.4 Å². The van der Waals surface area contributed by atoms with E-state index < -0.39 is 80.8 Å². The zero-order valence-corrected chi connectivity index (χ0v) is 21.0. The summed E-state index contributed by atoms with van der Waals surface area (Å²) in [5.74, 6) is -41.4. The Morgan fingerprint density at radius 2 is 1.14 bits per heavy atom. The molecule has 0 spiro atoms. The van der Waals surface area contributed by atoms with Gasteiger partial charge in [0.2, 0.25) is 0 Å². The van der Waals surface area contributed by atoms with Crippen molar-refractivity contribution in [1.82, 2.24) is 4.90 Å². The smallest absolute Gasteiger partial charge is 0.380 e. The first-order chi connectivity index (χ1) is 18.7. The van der Waals surface area contributed by atoms with Crippen molar-refractivity contribution in [2.75, 3.05) is 20.3 Å². The van der Waals surface area contributed by atoms with Gasteiger partial charge in [-0.1, -0.05) is 0 Å². The van der Waals surface area contributed by atoms with Gasteiger partial charge in [-0.2, -0.15) is 52.7 Å². The zero-order valence-electron chi connectivity index (χ0n) is 20.1. The minimum atomic E-state index is -7.00. The second kappa shape index (κ2) is 12.6. The highest BCUT2D eigenvalue weighted by Gasteiger charge is 2.77. The maximum Gasteiger partial charge on any atom is 0.380 e. The van der Waals surface area contributed by atoms with Crippen molar-refractivity contribution in [3.05, 3.63) is 36.8 Å². The van der Waals surface area contributed by atoms with Gasteiger partial charge in [-0.05, 0) is 12.2 Å². The number of rotatable bonds is 15. The van der Waals surface area contributed by atoms with Gasteiger partial charge in [0.15, 0.2) is 0 Å². The molecule has 244 valence electrons. The van der Waals surface area contributed by atoms with Crippen LogP contribution in [0.4, 0.5) is 70.2 Å². The average molecular weight is 673 g/mol. The predicted octanol–water partition coefficient (Wildman–Crippen LogP) is 6.95. The number of nitrogens with zero attached hydrogens (tertiary/aromatic N) is 1. The molecule has 0 fully saturated rings. The van der Waals surface area contributed by atoms with Crippen molar-refractivity contribution in [3.8, 4) is 0 Å². The number of carbonyl (C=O) groups is 1. The van der Waals surface area contributed by atoms with E-state index in [4.69, 9.17) is 0 Å². The minimum absolute atomic E-state index is 0.427. The molecule has 0 aromatic carbocycles. The normalized spacial score (nSPS) is 16.8. The highest BCUT2D eigenvalue weighted by molar-refractivity contribution is 7.55. The molecule has 0 aliphatic carbocycles. The lowest BCUT2D eigenvalue weighted by Crippen LogP contribution is -2.59. The number of methoxy groups -OCH3 is 1. The first kappa shape index (κ1) is 37.5. The number of alkyl halides is 16. The number of carbonyl (C=O) groups excluding carboxylic acids is 1. The maximum atomic E-state index is 13.9. The van der Waals surface area contributed by atoms with Crippen LogP contribution >= 0.6 is 7.60 Å². The molecule has 0 saturated carbocycles. The topological polar surface area (TPSA) is 65.1 Å². The summed E-state index contributed by atoms with van der Waals surface area (Å²) < 4.78 is 236. The molecule has 0 N–H and O–H groups in total. The molecule has 6 nitrogen and oxygen atoms in total. The SMILES string of the molecule is COC(=O)/C=C/N1C=CC(P(=O)(OCC(F)(F)C(F)(F)C(F)(F)C(F)F)OCC(F)(F)C(F)(F)C(F)(F)C(F)F)C=C1. The van der Waals surface area contributed by atoms with Crippen LogP contribution in [0, 0.1) is 0 Å². The number of esters is 1. The van der Waals surface area contributed by atoms with Crippen LogP contribution in [-0.4, -0.2) is 85.2 Å². The lowest BCUT2D eigenvalue weighted by Gasteiger charge is -2.35. The number of allylic oxidation sites excluding steroid dienone is 2. The summed E-state index contributed by atoms with van der Waals surface area (Å²) in [5.41, 5.74) is -2.39. The lowest BCUT2D eigenvalue weighted by atomic mass is 10.1. The lowest BCUT2D eigenvalue weighted by molar-refractivity contribution is -0.344. The molecule has 1 aliphatic rings. The first-order valence-corrected chi connectivity index (χ1v) is 12.0. The molecule has 1 rings (SSSR count). The van der Waals surface area contributed by atoms with E-state index in [9.17, 15) is 79.6 Å². The Morgan fingerprint density at radius 1 is 0.786 bits per heavy atom. The molecule has 1 heterocycles. The Hall–Kier alpha value is -2.48. The number of hydrogen-bond donors (Lipinski definition) is 0. The molecule has 0 radical (unpaired) electrons. The molecule has 0 atom stereocenters. The molecular formula is C19H16F16NO5P. The number of halogens is 16. The van der Waals surface area contributed by atoms with Gasteiger partial charge in [0.05, 0.1) is 7.11 Å². The number of hydrogen-bond acceptors (Lipinski definition) is 6. The third-order valence-corrected chi connectivity index (χ3v) is 7.07.